The first-order chi connectivity index (χ1) is 16.2. The molecule has 0 radical (unpaired) electrons. The van der Waals surface area contributed by atoms with Gasteiger partial charge in [0, 0.05) is 48.3 Å². The molecule has 1 aromatic heterocycles. The Bertz CT molecular complexity index is 1190. The van der Waals surface area contributed by atoms with E-state index in [0.717, 1.165) is 29.7 Å². The molecular formula is C25H24N6O2. The minimum atomic E-state index is 0.0633. The Kier molecular flexibility index (Phi) is 6.93. The maximum atomic E-state index is 9.64. The van der Waals surface area contributed by atoms with Gasteiger partial charge in [-0.1, -0.05) is 12.1 Å². The van der Waals surface area contributed by atoms with Gasteiger partial charge in [-0.3, -0.25) is 0 Å². The summed E-state index contributed by atoms with van der Waals surface area (Å²) in [6.45, 7) is 1.36. The highest BCUT2D eigenvalue weighted by Crippen LogP contribution is 2.28. The highest BCUT2D eigenvalue weighted by atomic mass is 16.5. The first kappa shape index (κ1) is 22.0. The van der Waals surface area contributed by atoms with Crippen LogP contribution in [-0.2, 0) is 4.74 Å². The molecule has 3 aromatic rings. The molecule has 2 aromatic carbocycles. The van der Waals surface area contributed by atoms with Gasteiger partial charge in [0.25, 0.3) is 0 Å². The number of anilines is 2. The quantitative estimate of drug-likeness (QED) is 0.468. The Balaban J connectivity index is 1.51. The van der Waals surface area contributed by atoms with Crippen molar-refractivity contribution < 1.29 is 9.47 Å². The van der Waals surface area contributed by atoms with Gasteiger partial charge < -0.3 is 25.9 Å². The van der Waals surface area contributed by atoms with Crippen molar-refractivity contribution in [3.63, 3.8) is 0 Å². The summed E-state index contributed by atoms with van der Waals surface area (Å²) < 4.78 is 11.4. The van der Waals surface area contributed by atoms with E-state index in [2.05, 4.69) is 21.4 Å². The number of aromatic nitrogens is 2. The fourth-order valence-corrected chi connectivity index (χ4v) is 3.54. The summed E-state index contributed by atoms with van der Waals surface area (Å²) in [6, 6.07) is 17.0. The van der Waals surface area contributed by atoms with Crippen molar-refractivity contribution in [3.05, 3.63) is 72.1 Å². The molecule has 0 amide bonds. The van der Waals surface area contributed by atoms with Crippen LogP contribution in [0.4, 0.5) is 11.6 Å². The monoisotopic (exact) mass is 440 g/mol. The zero-order chi connectivity index (χ0) is 23.0. The van der Waals surface area contributed by atoms with Gasteiger partial charge in [0.05, 0.1) is 24.5 Å². The zero-order valence-electron chi connectivity index (χ0n) is 18.0. The number of allylic oxidation sites excluding steroid dienone is 1. The second-order valence-corrected chi connectivity index (χ2v) is 7.49. The van der Waals surface area contributed by atoms with Crippen LogP contribution >= 0.6 is 0 Å². The van der Waals surface area contributed by atoms with E-state index in [9.17, 15) is 5.26 Å². The Labute approximate surface area is 192 Å². The molecule has 0 spiro atoms. The van der Waals surface area contributed by atoms with Gasteiger partial charge in [-0.2, -0.15) is 5.26 Å². The Morgan fingerprint density at radius 1 is 1.18 bits per heavy atom. The molecule has 4 rings (SSSR count). The van der Waals surface area contributed by atoms with E-state index in [1.807, 2.05) is 36.4 Å². The fraction of sp³-hybridized carbons (Fsp3) is 0.200. The van der Waals surface area contributed by atoms with Crippen molar-refractivity contribution in [2.75, 3.05) is 18.5 Å². The topological polar surface area (TPSA) is 130 Å². The largest absolute Gasteiger partial charge is 0.489 e. The highest BCUT2D eigenvalue weighted by Gasteiger charge is 2.17. The van der Waals surface area contributed by atoms with E-state index in [0.29, 0.717) is 41.7 Å². The number of hydrogen-bond donors (Lipinski definition) is 3. The van der Waals surface area contributed by atoms with Crippen LogP contribution in [-0.4, -0.2) is 35.5 Å². The molecule has 8 nitrogen and oxygen atoms in total. The van der Waals surface area contributed by atoms with Crippen LogP contribution in [0.3, 0.4) is 0 Å². The van der Waals surface area contributed by atoms with Crippen LogP contribution in [0.25, 0.3) is 16.8 Å². The van der Waals surface area contributed by atoms with E-state index < -0.39 is 0 Å². The second kappa shape index (κ2) is 10.4. The van der Waals surface area contributed by atoms with Crippen molar-refractivity contribution in [3.8, 4) is 23.1 Å². The number of rotatable bonds is 7. The molecule has 1 saturated heterocycles. The van der Waals surface area contributed by atoms with E-state index >= 15 is 0 Å². The average molecular weight is 441 g/mol. The normalized spacial score (nSPS) is 14.3. The molecule has 0 saturated carbocycles. The van der Waals surface area contributed by atoms with Gasteiger partial charge >= 0.3 is 0 Å². The number of hydrogen-bond acceptors (Lipinski definition) is 8. The Morgan fingerprint density at radius 2 is 1.97 bits per heavy atom. The lowest BCUT2D eigenvalue weighted by Crippen LogP contribution is -2.26. The van der Waals surface area contributed by atoms with Gasteiger partial charge in [0.15, 0.2) is 0 Å². The third-order valence-corrected chi connectivity index (χ3v) is 5.32. The maximum Gasteiger partial charge on any atom is 0.227 e. The highest BCUT2D eigenvalue weighted by molar-refractivity contribution is 6.08. The minimum Gasteiger partial charge on any atom is -0.489 e. The molecule has 0 unspecified atom stereocenters. The van der Waals surface area contributed by atoms with E-state index in [1.54, 1.807) is 18.3 Å². The van der Waals surface area contributed by atoms with Crippen LogP contribution < -0.4 is 15.8 Å². The van der Waals surface area contributed by atoms with Gasteiger partial charge in [0.2, 0.25) is 5.95 Å². The number of ether oxygens (including phenoxy) is 2. The number of nitrogens with zero attached hydrogens (tertiary/aromatic N) is 3. The Morgan fingerprint density at radius 3 is 2.67 bits per heavy atom. The number of nitrogens with two attached hydrogens (primary N) is 1. The van der Waals surface area contributed by atoms with Crippen molar-refractivity contribution >= 4 is 23.4 Å². The molecule has 1 aliphatic heterocycles. The molecule has 0 atom stereocenters. The van der Waals surface area contributed by atoms with Crippen molar-refractivity contribution in [2.24, 2.45) is 5.73 Å². The van der Waals surface area contributed by atoms with Crippen LogP contribution in [0.2, 0.25) is 0 Å². The van der Waals surface area contributed by atoms with Gasteiger partial charge in [-0.25, -0.2) is 9.97 Å². The predicted molar refractivity (Wildman–Crippen MR) is 127 cm³/mol. The fourth-order valence-electron chi connectivity index (χ4n) is 3.54. The summed E-state index contributed by atoms with van der Waals surface area (Å²) in [6.07, 6.45) is 5.98. The smallest absolute Gasteiger partial charge is 0.227 e. The lowest BCUT2D eigenvalue weighted by Gasteiger charge is -2.23. The van der Waals surface area contributed by atoms with Gasteiger partial charge in [0.1, 0.15) is 17.9 Å². The lowest BCUT2D eigenvalue weighted by molar-refractivity contribution is 0.0254. The molecule has 2 heterocycles. The number of nitriles is 1. The minimum absolute atomic E-state index is 0.0633. The van der Waals surface area contributed by atoms with Crippen LogP contribution in [0.15, 0.2) is 60.9 Å². The average Bonchev–Trinajstić information content (AvgIpc) is 2.87. The third-order valence-electron chi connectivity index (χ3n) is 5.32. The summed E-state index contributed by atoms with van der Waals surface area (Å²) in [5.41, 5.74) is 9.79. The van der Waals surface area contributed by atoms with Crippen LogP contribution in [0, 0.1) is 16.7 Å². The van der Waals surface area contributed by atoms with Gasteiger partial charge in [-0.15, -0.1) is 0 Å². The number of benzene rings is 2. The van der Waals surface area contributed by atoms with E-state index in [-0.39, 0.29) is 6.10 Å². The summed E-state index contributed by atoms with van der Waals surface area (Å²) in [5.74, 6) is 1.01. The molecule has 1 fully saturated rings. The molecule has 166 valence electrons. The van der Waals surface area contributed by atoms with Crippen molar-refractivity contribution in [1.29, 1.82) is 10.7 Å². The van der Waals surface area contributed by atoms with Gasteiger partial charge in [-0.05, 0) is 42.0 Å². The summed E-state index contributed by atoms with van der Waals surface area (Å²) >= 11 is 0. The first-order valence-corrected chi connectivity index (χ1v) is 10.6. The summed E-state index contributed by atoms with van der Waals surface area (Å²) in [5, 5.41) is 20.2. The zero-order valence-corrected chi connectivity index (χ0v) is 18.0. The number of nitrogens with one attached hydrogen (secondary N) is 2. The van der Waals surface area contributed by atoms with E-state index in [4.69, 9.17) is 20.6 Å². The van der Waals surface area contributed by atoms with Crippen molar-refractivity contribution in [2.45, 2.75) is 18.9 Å². The lowest BCUT2D eigenvalue weighted by atomic mass is 10.1. The molecule has 0 bridgehead atoms. The first-order valence-electron chi connectivity index (χ1n) is 10.6. The summed E-state index contributed by atoms with van der Waals surface area (Å²) in [4.78, 5) is 8.89. The van der Waals surface area contributed by atoms with E-state index in [1.165, 1.54) is 12.4 Å². The molecule has 33 heavy (non-hydrogen) atoms. The Hall–Kier alpha value is -4.22. The second-order valence-electron chi connectivity index (χ2n) is 7.49. The van der Waals surface area contributed by atoms with Crippen LogP contribution in [0.5, 0.6) is 5.75 Å². The third kappa shape index (κ3) is 5.34. The molecular weight excluding hydrogens is 416 g/mol. The SMILES string of the molecule is N#Cc1cc(-c2ccnc(Nc3ccc(/C(C=N)=C/N)cc3)n2)ccc1OC1CCOCC1. The standard InChI is InChI=1S/C25H24N6O2/c26-14-19-13-18(3-6-24(19)33-22-8-11-32-12-9-22)23-7-10-29-25(31-23)30-21-4-1-17(2-5-21)20(15-27)16-28/h1-7,10,13,15-16,22,27H,8-9,11-12,28H2,(H,29,30,31)/b20-16+,27-15?. The maximum absolute atomic E-state index is 9.64. The van der Waals surface area contributed by atoms with Crippen molar-refractivity contribution in [1.82, 2.24) is 9.97 Å². The van der Waals surface area contributed by atoms with Crippen LogP contribution in [0.1, 0.15) is 24.0 Å². The molecule has 8 heteroatoms. The molecule has 0 aliphatic carbocycles. The predicted octanol–water partition coefficient (Wildman–Crippen LogP) is 4.27. The molecule has 4 N–H and O–H groups in total. The summed E-state index contributed by atoms with van der Waals surface area (Å²) in [7, 11) is 0. The molecule has 1 aliphatic rings.